The molecule has 0 unspecified atom stereocenters. The number of para-hydroxylation sites is 1. The average molecular weight is 318 g/mol. The number of carbonyl (C=O) groups excluding carboxylic acids is 1. The number of rotatable bonds is 6. The first-order valence-electron chi connectivity index (χ1n) is 7.68. The molecule has 0 bridgehead atoms. The molecule has 2 aromatic carbocycles. The molecule has 0 fully saturated rings. The van der Waals surface area contributed by atoms with Crippen LogP contribution < -0.4 is 9.64 Å². The third-order valence-corrected chi connectivity index (χ3v) is 3.72. The number of benzene rings is 2. The van der Waals surface area contributed by atoms with Crippen LogP contribution in [0.25, 0.3) is 0 Å². The first-order valence-corrected chi connectivity index (χ1v) is 7.68. The quantitative estimate of drug-likeness (QED) is 0.635. The summed E-state index contributed by atoms with van der Waals surface area (Å²) in [4.78, 5) is 17.5. The predicted octanol–water partition coefficient (Wildman–Crippen LogP) is 4.32. The molecule has 1 heterocycles. The Morgan fingerprint density at radius 2 is 1.88 bits per heavy atom. The third-order valence-electron chi connectivity index (χ3n) is 3.72. The zero-order valence-electron chi connectivity index (χ0n) is 13.4. The lowest BCUT2D eigenvalue weighted by atomic mass is 10.1. The van der Waals surface area contributed by atoms with Crippen molar-refractivity contribution in [2.24, 2.45) is 0 Å². The maximum absolute atomic E-state index is 11.3. The molecule has 0 aliphatic rings. The number of ether oxygens (including phenoxy) is 1. The van der Waals surface area contributed by atoms with E-state index in [1.807, 2.05) is 55.6 Å². The summed E-state index contributed by atoms with van der Waals surface area (Å²) in [5.74, 6) is 1.35. The molecule has 120 valence electrons. The van der Waals surface area contributed by atoms with Gasteiger partial charge in [-0.1, -0.05) is 18.2 Å². The van der Waals surface area contributed by atoms with Crippen LogP contribution in [0, 0.1) is 0 Å². The van der Waals surface area contributed by atoms with Crippen LogP contribution in [0.2, 0.25) is 0 Å². The van der Waals surface area contributed by atoms with Crippen molar-refractivity contribution in [2.45, 2.75) is 6.54 Å². The van der Waals surface area contributed by atoms with Crippen molar-refractivity contribution in [1.82, 2.24) is 4.98 Å². The first-order chi connectivity index (χ1) is 11.8. The van der Waals surface area contributed by atoms with E-state index in [0.717, 1.165) is 17.5 Å². The summed E-state index contributed by atoms with van der Waals surface area (Å²) < 4.78 is 5.81. The molecule has 3 aromatic rings. The van der Waals surface area contributed by atoms with Crippen LogP contribution in [0.5, 0.6) is 11.5 Å². The number of hydrogen-bond donors (Lipinski definition) is 0. The summed E-state index contributed by atoms with van der Waals surface area (Å²) in [6.07, 6.45) is 4.23. The van der Waals surface area contributed by atoms with Gasteiger partial charge in [-0.15, -0.1) is 0 Å². The highest BCUT2D eigenvalue weighted by atomic mass is 16.5. The molecule has 0 amide bonds. The Balaban J connectivity index is 1.83. The van der Waals surface area contributed by atoms with Crippen LogP contribution in [-0.4, -0.2) is 18.3 Å². The number of hydrogen-bond acceptors (Lipinski definition) is 4. The number of aldehydes is 1. The van der Waals surface area contributed by atoms with Gasteiger partial charge in [0.1, 0.15) is 17.8 Å². The minimum atomic E-state index is 0.613. The second-order valence-electron chi connectivity index (χ2n) is 5.46. The van der Waals surface area contributed by atoms with E-state index in [0.29, 0.717) is 23.6 Å². The normalized spacial score (nSPS) is 10.2. The lowest BCUT2D eigenvalue weighted by Gasteiger charge is -2.20. The van der Waals surface area contributed by atoms with Gasteiger partial charge in [0, 0.05) is 31.0 Å². The Morgan fingerprint density at radius 1 is 1.04 bits per heavy atom. The van der Waals surface area contributed by atoms with Crippen LogP contribution >= 0.6 is 0 Å². The van der Waals surface area contributed by atoms with Gasteiger partial charge in [-0.05, 0) is 48.0 Å². The molecule has 0 aliphatic carbocycles. The largest absolute Gasteiger partial charge is 0.456 e. The molecule has 4 nitrogen and oxygen atoms in total. The zero-order valence-corrected chi connectivity index (χ0v) is 13.4. The van der Waals surface area contributed by atoms with Crippen LogP contribution in [0.4, 0.5) is 5.69 Å². The lowest BCUT2D eigenvalue weighted by Crippen LogP contribution is -2.17. The molecule has 24 heavy (non-hydrogen) atoms. The molecule has 4 heteroatoms. The fraction of sp³-hybridized carbons (Fsp3) is 0.100. The highest BCUT2D eigenvalue weighted by Crippen LogP contribution is 2.25. The van der Waals surface area contributed by atoms with Gasteiger partial charge in [0.05, 0.1) is 6.20 Å². The van der Waals surface area contributed by atoms with Gasteiger partial charge in [0.2, 0.25) is 0 Å². The van der Waals surface area contributed by atoms with Gasteiger partial charge in [0.15, 0.2) is 0 Å². The summed E-state index contributed by atoms with van der Waals surface area (Å²) in [6.45, 7) is 0.613. The molecule has 0 radical (unpaired) electrons. The predicted molar refractivity (Wildman–Crippen MR) is 94.7 cm³/mol. The van der Waals surface area contributed by atoms with Crippen LogP contribution in [-0.2, 0) is 6.54 Å². The summed E-state index contributed by atoms with van der Waals surface area (Å²) in [6, 6.07) is 19.2. The Labute approximate surface area is 141 Å². The van der Waals surface area contributed by atoms with E-state index in [4.69, 9.17) is 4.74 Å². The monoisotopic (exact) mass is 318 g/mol. The maximum atomic E-state index is 11.3. The molecule has 0 N–H and O–H groups in total. The van der Waals surface area contributed by atoms with Crippen LogP contribution in [0.15, 0.2) is 73.1 Å². The van der Waals surface area contributed by atoms with Gasteiger partial charge in [-0.2, -0.15) is 0 Å². The van der Waals surface area contributed by atoms with Gasteiger partial charge >= 0.3 is 0 Å². The first kappa shape index (κ1) is 15.7. The third kappa shape index (κ3) is 3.79. The van der Waals surface area contributed by atoms with E-state index in [9.17, 15) is 4.79 Å². The van der Waals surface area contributed by atoms with Crippen molar-refractivity contribution in [3.8, 4) is 11.5 Å². The number of nitrogens with zero attached hydrogens (tertiary/aromatic N) is 2. The molecule has 1 aromatic heterocycles. The smallest absolute Gasteiger partial charge is 0.150 e. The number of anilines is 1. The Kier molecular flexibility index (Phi) is 4.87. The standard InChI is InChI=1S/C20H18N2O2/c1-22(18-6-3-2-4-7-18)14-17-12-19(10-9-16(17)15-23)24-20-8-5-11-21-13-20/h2-13,15H,14H2,1H3. The van der Waals surface area contributed by atoms with Crippen molar-refractivity contribution in [2.75, 3.05) is 11.9 Å². The van der Waals surface area contributed by atoms with E-state index < -0.39 is 0 Å². The van der Waals surface area contributed by atoms with E-state index >= 15 is 0 Å². The van der Waals surface area contributed by atoms with Gasteiger partial charge in [-0.25, -0.2) is 0 Å². The fourth-order valence-corrected chi connectivity index (χ4v) is 2.47. The van der Waals surface area contributed by atoms with Gasteiger partial charge in [-0.3, -0.25) is 9.78 Å². The average Bonchev–Trinajstić information content (AvgIpc) is 2.63. The lowest BCUT2D eigenvalue weighted by molar-refractivity contribution is 0.112. The summed E-state index contributed by atoms with van der Waals surface area (Å²) in [5, 5.41) is 0. The highest BCUT2D eigenvalue weighted by Gasteiger charge is 2.09. The van der Waals surface area contributed by atoms with E-state index in [1.165, 1.54) is 0 Å². The molecule has 0 spiro atoms. The number of carbonyl (C=O) groups is 1. The zero-order chi connectivity index (χ0) is 16.8. The molecule has 0 saturated heterocycles. The summed E-state index contributed by atoms with van der Waals surface area (Å²) in [5.41, 5.74) is 2.67. The molecule has 0 aliphatic heterocycles. The number of pyridine rings is 1. The van der Waals surface area contributed by atoms with E-state index in [-0.39, 0.29) is 0 Å². The second-order valence-corrected chi connectivity index (χ2v) is 5.46. The van der Waals surface area contributed by atoms with Crippen molar-refractivity contribution in [3.05, 3.63) is 84.2 Å². The summed E-state index contributed by atoms with van der Waals surface area (Å²) >= 11 is 0. The van der Waals surface area contributed by atoms with Crippen molar-refractivity contribution in [1.29, 1.82) is 0 Å². The minimum Gasteiger partial charge on any atom is -0.456 e. The van der Waals surface area contributed by atoms with E-state index in [2.05, 4.69) is 9.88 Å². The Hall–Kier alpha value is -3.14. The molecule has 0 saturated carbocycles. The Morgan fingerprint density at radius 3 is 2.58 bits per heavy atom. The van der Waals surface area contributed by atoms with Crippen molar-refractivity contribution >= 4 is 12.0 Å². The highest BCUT2D eigenvalue weighted by molar-refractivity contribution is 5.78. The minimum absolute atomic E-state index is 0.613. The maximum Gasteiger partial charge on any atom is 0.150 e. The van der Waals surface area contributed by atoms with Crippen LogP contribution in [0.3, 0.4) is 0 Å². The molecular weight excluding hydrogens is 300 g/mol. The van der Waals surface area contributed by atoms with E-state index in [1.54, 1.807) is 24.5 Å². The molecule has 3 rings (SSSR count). The summed E-state index contributed by atoms with van der Waals surface area (Å²) in [7, 11) is 2.00. The fourth-order valence-electron chi connectivity index (χ4n) is 2.47. The van der Waals surface area contributed by atoms with Crippen molar-refractivity contribution < 1.29 is 9.53 Å². The Bertz CT molecular complexity index is 804. The number of aromatic nitrogens is 1. The topological polar surface area (TPSA) is 42.4 Å². The SMILES string of the molecule is CN(Cc1cc(Oc2cccnc2)ccc1C=O)c1ccccc1. The molecule has 0 atom stereocenters. The van der Waals surface area contributed by atoms with Crippen LogP contribution in [0.1, 0.15) is 15.9 Å². The van der Waals surface area contributed by atoms with Gasteiger partial charge in [0.25, 0.3) is 0 Å². The van der Waals surface area contributed by atoms with Crippen molar-refractivity contribution in [3.63, 3.8) is 0 Å². The molecular formula is C20H18N2O2. The van der Waals surface area contributed by atoms with Gasteiger partial charge < -0.3 is 9.64 Å². The second kappa shape index (κ2) is 7.42.